The van der Waals surface area contributed by atoms with Crippen LogP contribution in [0.2, 0.25) is 0 Å². The van der Waals surface area contributed by atoms with Crippen LogP contribution in [-0.2, 0) is 14.9 Å². The number of anilines is 1. The standard InChI is InChI=1S/C24H33FN4O3/c1-14-11-17(12-15(2)19(14)25)29-21(26)18-16(3)28(22(30)32-23(4,5)6)13-24(20(18)27-29)7-9-31-10-8-24/h11-12,16H,7-10,13,26H2,1-6H3/t16-/m0/s1. The van der Waals surface area contributed by atoms with Gasteiger partial charge in [-0.15, -0.1) is 0 Å². The van der Waals surface area contributed by atoms with Crippen LogP contribution in [-0.4, -0.2) is 46.1 Å². The number of benzene rings is 1. The van der Waals surface area contributed by atoms with Crippen LogP contribution in [0, 0.1) is 19.7 Å². The number of carbonyl (C=O) groups excluding carboxylic acids is 1. The quantitative estimate of drug-likeness (QED) is 0.697. The summed E-state index contributed by atoms with van der Waals surface area (Å²) in [6.07, 6.45) is 1.12. The van der Waals surface area contributed by atoms with Crippen LogP contribution in [0.15, 0.2) is 12.1 Å². The molecule has 1 atom stereocenters. The number of halogens is 1. The first-order valence-corrected chi connectivity index (χ1v) is 11.2. The van der Waals surface area contributed by atoms with Crippen LogP contribution in [0.3, 0.4) is 0 Å². The number of nitrogens with zero attached hydrogens (tertiary/aromatic N) is 3. The molecule has 2 N–H and O–H groups in total. The minimum Gasteiger partial charge on any atom is -0.444 e. The highest BCUT2D eigenvalue weighted by Gasteiger charge is 2.49. The SMILES string of the molecule is Cc1cc(-n2nc3c(c2N)[C@H](C)N(C(=O)OC(C)(C)C)CC32CCOCC2)cc(C)c1F. The van der Waals surface area contributed by atoms with E-state index in [-0.39, 0.29) is 23.4 Å². The smallest absolute Gasteiger partial charge is 0.410 e. The second-order valence-electron chi connectivity index (χ2n) is 10.1. The predicted octanol–water partition coefficient (Wildman–Crippen LogP) is 4.57. The summed E-state index contributed by atoms with van der Waals surface area (Å²) in [6.45, 7) is 12.7. The molecule has 1 spiro atoms. The summed E-state index contributed by atoms with van der Waals surface area (Å²) >= 11 is 0. The van der Waals surface area contributed by atoms with E-state index in [1.807, 2.05) is 27.7 Å². The molecule has 2 aliphatic heterocycles. The molecule has 1 fully saturated rings. The molecule has 0 aliphatic carbocycles. The molecule has 0 radical (unpaired) electrons. The fourth-order valence-corrected chi connectivity index (χ4v) is 4.88. The Hall–Kier alpha value is -2.61. The van der Waals surface area contributed by atoms with E-state index in [4.69, 9.17) is 20.3 Å². The van der Waals surface area contributed by atoms with Crippen LogP contribution in [0.5, 0.6) is 0 Å². The second kappa shape index (κ2) is 7.76. The van der Waals surface area contributed by atoms with Crippen molar-refractivity contribution in [3.05, 3.63) is 40.3 Å². The molecule has 0 saturated carbocycles. The average molecular weight is 445 g/mol. The molecule has 1 amide bonds. The van der Waals surface area contributed by atoms with Gasteiger partial charge in [0.2, 0.25) is 0 Å². The molecule has 1 aromatic carbocycles. The molecule has 3 heterocycles. The molecule has 0 bridgehead atoms. The molecule has 1 saturated heterocycles. The van der Waals surface area contributed by atoms with Crippen LogP contribution in [0.25, 0.3) is 5.69 Å². The molecule has 32 heavy (non-hydrogen) atoms. The molecule has 2 aromatic rings. The van der Waals surface area contributed by atoms with E-state index in [1.165, 1.54) is 0 Å². The highest BCUT2D eigenvalue weighted by Crippen LogP contribution is 2.47. The molecule has 1 aromatic heterocycles. The number of fused-ring (bicyclic) bond motifs is 2. The lowest BCUT2D eigenvalue weighted by Gasteiger charge is -2.46. The Morgan fingerprint density at radius 3 is 2.41 bits per heavy atom. The number of nitrogen functional groups attached to an aromatic ring is 1. The fraction of sp³-hybridized carbons (Fsp3) is 0.583. The van der Waals surface area contributed by atoms with E-state index >= 15 is 0 Å². The summed E-state index contributed by atoms with van der Waals surface area (Å²) in [5.41, 5.74) is 9.24. The number of amides is 1. The Kier molecular flexibility index (Phi) is 5.48. The largest absolute Gasteiger partial charge is 0.444 e. The molecule has 7 nitrogen and oxygen atoms in total. The number of rotatable bonds is 1. The summed E-state index contributed by atoms with van der Waals surface area (Å²) in [4.78, 5) is 14.9. The summed E-state index contributed by atoms with van der Waals surface area (Å²) in [5.74, 6) is 0.242. The van der Waals surface area contributed by atoms with Gasteiger partial charge in [0.25, 0.3) is 0 Å². The van der Waals surface area contributed by atoms with E-state index in [1.54, 1.807) is 35.6 Å². The Balaban J connectivity index is 1.85. The summed E-state index contributed by atoms with van der Waals surface area (Å²) in [5, 5.41) is 4.96. The Labute approximate surface area is 188 Å². The van der Waals surface area contributed by atoms with Crippen molar-refractivity contribution in [2.24, 2.45) is 0 Å². The van der Waals surface area contributed by atoms with Gasteiger partial charge >= 0.3 is 6.09 Å². The van der Waals surface area contributed by atoms with Crippen molar-refractivity contribution < 1.29 is 18.7 Å². The highest BCUT2D eigenvalue weighted by atomic mass is 19.1. The van der Waals surface area contributed by atoms with Crippen molar-refractivity contribution in [3.63, 3.8) is 0 Å². The lowest BCUT2D eigenvalue weighted by atomic mass is 9.72. The van der Waals surface area contributed by atoms with Crippen LogP contribution >= 0.6 is 0 Å². The van der Waals surface area contributed by atoms with Gasteiger partial charge in [-0.05, 0) is 77.6 Å². The lowest BCUT2D eigenvalue weighted by Crippen LogP contribution is -2.53. The third-order valence-corrected chi connectivity index (χ3v) is 6.56. The molecule has 4 rings (SSSR count). The molecule has 174 valence electrons. The molecule has 0 unspecified atom stereocenters. The van der Waals surface area contributed by atoms with Gasteiger partial charge in [-0.1, -0.05) is 0 Å². The molecule has 2 aliphatic rings. The number of carbonyl (C=O) groups is 1. The first-order chi connectivity index (χ1) is 14.9. The van der Waals surface area contributed by atoms with Gasteiger partial charge < -0.3 is 20.1 Å². The van der Waals surface area contributed by atoms with Gasteiger partial charge in [-0.2, -0.15) is 5.10 Å². The van der Waals surface area contributed by atoms with Crippen molar-refractivity contribution in [2.75, 3.05) is 25.5 Å². The van der Waals surface area contributed by atoms with Crippen molar-refractivity contribution in [1.82, 2.24) is 14.7 Å². The first-order valence-electron chi connectivity index (χ1n) is 11.2. The van der Waals surface area contributed by atoms with Crippen LogP contribution < -0.4 is 5.73 Å². The van der Waals surface area contributed by atoms with Crippen molar-refractivity contribution in [3.8, 4) is 5.69 Å². The molecular weight excluding hydrogens is 411 g/mol. The number of nitrogens with two attached hydrogens (primary N) is 1. The number of aryl methyl sites for hydroxylation is 2. The zero-order valence-electron chi connectivity index (χ0n) is 19.8. The van der Waals surface area contributed by atoms with Gasteiger partial charge in [0.15, 0.2) is 0 Å². The van der Waals surface area contributed by atoms with Gasteiger partial charge in [0.1, 0.15) is 17.2 Å². The predicted molar refractivity (Wildman–Crippen MR) is 120 cm³/mol. The zero-order chi connectivity index (χ0) is 23.4. The Bertz CT molecular complexity index is 1030. The number of ether oxygens (including phenoxy) is 2. The summed E-state index contributed by atoms with van der Waals surface area (Å²) < 4.78 is 27.3. The summed E-state index contributed by atoms with van der Waals surface area (Å²) in [7, 11) is 0. The second-order valence-corrected chi connectivity index (χ2v) is 10.1. The van der Waals surface area contributed by atoms with E-state index in [0.717, 1.165) is 24.1 Å². The van der Waals surface area contributed by atoms with E-state index in [0.29, 0.717) is 42.4 Å². The van der Waals surface area contributed by atoms with Gasteiger partial charge in [-0.25, -0.2) is 13.9 Å². The van der Waals surface area contributed by atoms with Gasteiger partial charge in [0, 0.05) is 30.7 Å². The fourth-order valence-electron chi connectivity index (χ4n) is 4.88. The van der Waals surface area contributed by atoms with Crippen molar-refractivity contribution in [2.45, 2.75) is 71.4 Å². The number of aromatic nitrogens is 2. The maximum absolute atomic E-state index is 14.2. The molecule has 8 heteroatoms. The summed E-state index contributed by atoms with van der Waals surface area (Å²) in [6, 6.07) is 3.21. The highest BCUT2D eigenvalue weighted by molar-refractivity contribution is 5.71. The topological polar surface area (TPSA) is 82.6 Å². The Morgan fingerprint density at radius 1 is 1.25 bits per heavy atom. The van der Waals surface area contributed by atoms with Gasteiger partial charge in [0.05, 0.1) is 17.4 Å². The number of hydrogen-bond acceptors (Lipinski definition) is 5. The van der Waals surface area contributed by atoms with E-state index in [2.05, 4.69) is 0 Å². The van der Waals surface area contributed by atoms with Crippen LogP contribution in [0.4, 0.5) is 15.0 Å². The van der Waals surface area contributed by atoms with Gasteiger partial charge in [-0.3, -0.25) is 0 Å². The Morgan fingerprint density at radius 2 is 1.84 bits per heavy atom. The maximum atomic E-state index is 14.2. The van der Waals surface area contributed by atoms with E-state index in [9.17, 15) is 9.18 Å². The maximum Gasteiger partial charge on any atom is 0.410 e. The minimum absolute atomic E-state index is 0.227. The zero-order valence-corrected chi connectivity index (χ0v) is 19.8. The van der Waals surface area contributed by atoms with E-state index < -0.39 is 5.60 Å². The molecular formula is C24H33FN4O3. The van der Waals surface area contributed by atoms with Crippen molar-refractivity contribution in [1.29, 1.82) is 0 Å². The first kappa shape index (κ1) is 22.6. The van der Waals surface area contributed by atoms with Crippen molar-refractivity contribution >= 4 is 11.9 Å². The van der Waals surface area contributed by atoms with Crippen LogP contribution in [0.1, 0.15) is 69.0 Å². The number of hydrogen-bond donors (Lipinski definition) is 1. The monoisotopic (exact) mass is 444 g/mol. The minimum atomic E-state index is -0.598. The normalized spacial score (nSPS) is 20.3. The lowest BCUT2D eigenvalue weighted by molar-refractivity contribution is -0.0111. The third-order valence-electron chi connectivity index (χ3n) is 6.56. The average Bonchev–Trinajstić information content (AvgIpc) is 3.06. The third kappa shape index (κ3) is 3.74.